The molecule has 2 bridgehead atoms. The number of amides is 2. The molecule has 3 fully saturated rings. The molecule has 172 valence electrons. The Morgan fingerprint density at radius 1 is 1.42 bits per heavy atom. The third-order valence-electron chi connectivity index (χ3n) is 6.77. The number of esters is 1. The van der Waals surface area contributed by atoms with E-state index in [2.05, 4.69) is 13.2 Å². The van der Waals surface area contributed by atoms with Gasteiger partial charge in [-0.1, -0.05) is 32.1 Å². The van der Waals surface area contributed by atoms with E-state index in [-0.39, 0.29) is 25.0 Å². The Kier molecular flexibility index (Phi) is 7.21. The molecule has 2 unspecified atom stereocenters. The molecule has 3 heterocycles. The maximum absolute atomic E-state index is 13.8. The lowest BCUT2D eigenvalue weighted by Gasteiger charge is -2.38. The number of nitrogens with zero attached hydrogens (tertiary/aromatic N) is 2. The van der Waals surface area contributed by atoms with Crippen molar-refractivity contribution in [3.8, 4) is 0 Å². The maximum Gasteiger partial charge on any atom is 0.312 e. The number of carbonyl (C=O) groups is 3. The van der Waals surface area contributed by atoms with Crippen LogP contribution in [0, 0.1) is 11.8 Å². The van der Waals surface area contributed by atoms with Crippen LogP contribution in [0.1, 0.15) is 39.5 Å². The highest BCUT2D eigenvalue weighted by atomic mass is 16.6. The topological polar surface area (TPSA) is 96.4 Å². The lowest BCUT2D eigenvalue weighted by molar-refractivity contribution is -0.155. The number of aliphatic hydroxyl groups is 1. The van der Waals surface area contributed by atoms with Gasteiger partial charge < -0.3 is 24.4 Å². The van der Waals surface area contributed by atoms with Gasteiger partial charge in [0.15, 0.2) is 0 Å². The van der Waals surface area contributed by atoms with Crippen molar-refractivity contribution >= 4 is 17.8 Å². The molecule has 31 heavy (non-hydrogen) atoms. The number of fused-ring (bicyclic) bond motifs is 1. The van der Waals surface area contributed by atoms with Gasteiger partial charge in [0.05, 0.1) is 30.6 Å². The summed E-state index contributed by atoms with van der Waals surface area (Å²) in [5.41, 5.74) is -1.08. The van der Waals surface area contributed by atoms with Crippen LogP contribution in [0.2, 0.25) is 0 Å². The van der Waals surface area contributed by atoms with E-state index in [1.165, 1.54) is 11.0 Å². The second kappa shape index (κ2) is 9.53. The number of carbonyl (C=O) groups excluding carboxylic acids is 3. The number of ether oxygens (including phenoxy) is 2. The molecule has 3 saturated heterocycles. The summed E-state index contributed by atoms with van der Waals surface area (Å²) in [6.45, 7) is 11.7. The molecule has 3 aliphatic heterocycles. The van der Waals surface area contributed by atoms with Crippen molar-refractivity contribution in [2.24, 2.45) is 11.8 Å². The molecular weight excluding hydrogens is 400 g/mol. The van der Waals surface area contributed by atoms with Crippen LogP contribution in [-0.2, 0) is 23.9 Å². The van der Waals surface area contributed by atoms with Crippen molar-refractivity contribution in [3.63, 3.8) is 0 Å². The van der Waals surface area contributed by atoms with E-state index in [1.807, 2.05) is 6.92 Å². The van der Waals surface area contributed by atoms with Gasteiger partial charge in [0.25, 0.3) is 0 Å². The minimum Gasteiger partial charge on any atom is -0.461 e. The minimum absolute atomic E-state index is 0.0548. The van der Waals surface area contributed by atoms with Gasteiger partial charge >= 0.3 is 5.97 Å². The van der Waals surface area contributed by atoms with E-state index >= 15 is 0 Å². The van der Waals surface area contributed by atoms with Crippen molar-refractivity contribution in [2.75, 3.05) is 26.3 Å². The summed E-state index contributed by atoms with van der Waals surface area (Å²) in [6, 6.07) is -1.46. The lowest BCUT2D eigenvalue weighted by atomic mass is 9.70. The van der Waals surface area contributed by atoms with Gasteiger partial charge in [-0.05, 0) is 26.2 Å². The zero-order valence-electron chi connectivity index (χ0n) is 18.5. The minimum atomic E-state index is -1.08. The van der Waals surface area contributed by atoms with Gasteiger partial charge in [0, 0.05) is 13.1 Å². The third-order valence-corrected chi connectivity index (χ3v) is 6.77. The van der Waals surface area contributed by atoms with E-state index in [0.29, 0.717) is 25.9 Å². The molecule has 8 nitrogen and oxygen atoms in total. The first-order valence-corrected chi connectivity index (χ1v) is 11.2. The van der Waals surface area contributed by atoms with Crippen LogP contribution in [0.3, 0.4) is 0 Å². The smallest absolute Gasteiger partial charge is 0.312 e. The van der Waals surface area contributed by atoms with Crippen LogP contribution in [0.25, 0.3) is 0 Å². The Hall–Kier alpha value is -2.19. The molecule has 1 N–H and O–H groups in total. The number of hydrogen-bond acceptors (Lipinski definition) is 6. The lowest BCUT2D eigenvalue weighted by Crippen LogP contribution is -2.58. The molecule has 0 aromatic rings. The Balaban J connectivity index is 2.00. The van der Waals surface area contributed by atoms with E-state index in [4.69, 9.17) is 9.47 Å². The molecule has 8 heteroatoms. The second-order valence-electron chi connectivity index (χ2n) is 8.68. The number of aliphatic hydroxyl groups excluding tert-OH is 1. The Morgan fingerprint density at radius 3 is 2.77 bits per heavy atom. The van der Waals surface area contributed by atoms with Crippen molar-refractivity contribution in [1.82, 2.24) is 9.80 Å². The first-order valence-electron chi connectivity index (χ1n) is 11.2. The summed E-state index contributed by atoms with van der Waals surface area (Å²) in [5, 5.41) is 9.84. The predicted octanol–water partition coefficient (Wildman–Crippen LogP) is 1.29. The SMILES string of the molecule is C=CCOC(=O)[C@@H]1[C@@H]2CCC3(O2)C(C(=O)N(CC=C)CCCC)N([C@H](C)CO)C(=O)[C@H]13. The highest BCUT2D eigenvalue weighted by molar-refractivity contribution is 5.98. The average molecular weight is 435 g/mol. The van der Waals surface area contributed by atoms with Gasteiger partial charge in [0.2, 0.25) is 11.8 Å². The van der Waals surface area contributed by atoms with Crippen LogP contribution in [0.15, 0.2) is 25.3 Å². The summed E-state index contributed by atoms with van der Waals surface area (Å²) in [6.07, 6.45) is 5.54. The summed E-state index contributed by atoms with van der Waals surface area (Å²) < 4.78 is 11.6. The fourth-order valence-electron chi connectivity index (χ4n) is 5.41. The fraction of sp³-hybridized carbons (Fsp3) is 0.696. The Morgan fingerprint density at radius 2 is 2.16 bits per heavy atom. The van der Waals surface area contributed by atoms with Crippen LogP contribution in [0.5, 0.6) is 0 Å². The molecule has 3 rings (SSSR count). The standard InChI is InChI=1S/C23H34N2O6/c1-5-8-12-24(11-6-2)21(28)19-23-10-9-16(31-23)17(22(29)30-13-7-3)18(23)20(27)25(19)15(4)14-26/h6-7,15-19,26H,2-3,5,8-14H2,1,4H3/t15-,16+,17-,18+,19?,23?/m1/s1. The zero-order valence-corrected chi connectivity index (χ0v) is 18.5. The molecule has 2 amide bonds. The van der Waals surface area contributed by atoms with Crippen LogP contribution in [0.4, 0.5) is 0 Å². The monoisotopic (exact) mass is 434 g/mol. The maximum atomic E-state index is 13.8. The van der Waals surface area contributed by atoms with E-state index in [9.17, 15) is 19.5 Å². The number of likely N-dealkylation sites (tertiary alicyclic amines) is 1. The zero-order chi connectivity index (χ0) is 22.8. The number of hydrogen-bond donors (Lipinski definition) is 1. The van der Waals surface area contributed by atoms with Crippen LogP contribution >= 0.6 is 0 Å². The van der Waals surface area contributed by atoms with Crippen molar-refractivity contribution < 1.29 is 29.0 Å². The number of rotatable bonds is 11. The van der Waals surface area contributed by atoms with E-state index in [1.54, 1.807) is 17.9 Å². The highest BCUT2D eigenvalue weighted by Gasteiger charge is 2.75. The largest absolute Gasteiger partial charge is 0.461 e. The Labute approximate surface area is 183 Å². The first kappa shape index (κ1) is 23.5. The molecule has 0 aromatic heterocycles. The third kappa shape index (κ3) is 3.80. The second-order valence-corrected chi connectivity index (χ2v) is 8.68. The van der Waals surface area contributed by atoms with Gasteiger partial charge in [-0.25, -0.2) is 0 Å². The van der Waals surface area contributed by atoms with Gasteiger partial charge in [0.1, 0.15) is 18.2 Å². The van der Waals surface area contributed by atoms with Crippen LogP contribution in [-0.4, -0.2) is 82.8 Å². The van der Waals surface area contributed by atoms with Gasteiger partial charge in [-0.2, -0.15) is 0 Å². The summed E-state index contributed by atoms with van der Waals surface area (Å²) >= 11 is 0. The summed E-state index contributed by atoms with van der Waals surface area (Å²) in [5.74, 6) is -2.58. The highest BCUT2D eigenvalue weighted by Crippen LogP contribution is 2.59. The molecule has 0 aliphatic carbocycles. The number of unbranched alkanes of at least 4 members (excludes halogenated alkanes) is 1. The van der Waals surface area contributed by atoms with Gasteiger partial charge in [-0.15, -0.1) is 6.58 Å². The molecule has 0 aromatic carbocycles. The fourth-order valence-corrected chi connectivity index (χ4v) is 5.41. The van der Waals surface area contributed by atoms with Crippen molar-refractivity contribution in [1.29, 1.82) is 0 Å². The van der Waals surface area contributed by atoms with Crippen molar-refractivity contribution in [3.05, 3.63) is 25.3 Å². The molecule has 1 spiro atoms. The summed E-state index contributed by atoms with van der Waals surface area (Å²) in [4.78, 5) is 43.3. The molecule has 3 aliphatic rings. The Bertz CT molecular complexity index is 740. The predicted molar refractivity (Wildman–Crippen MR) is 114 cm³/mol. The molecular formula is C23H34N2O6. The quantitative estimate of drug-likeness (QED) is 0.389. The van der Waals surface area contributed by atoms with E-state index in [0.717, 1.165) is 12.8 Å². The van der Waals surface area contributed by atoms with Crippen molar-refractivity contribution in [2.45, 2.75) is 63.3 Å². The summed E-state index contributed by atoms with van der Waals surface area (Å²) in [7, 11) is 0. The normalized spacial score (nSPS) is 32.0. The molecule has 6 atom stereocenters. The molecule has 0 saturated carbocycles. The first-order chi connectivity index (χ1) is 14.9. The van der Waals surface area contributed by atoms with Crippen LogP contribution < -0.4 is 0 Å². The van der Waals surface area contributed by atoms with Gasteiger partial charge in [-0.3, -0.25) is 14.4 Å². The average Bonchev–Trinajstić information content (AvgIpc) is 3.41. The molecule has 0 radical (unpaired) electrons. The van der Waals surface area contributed by atoms with E-state index < -0.39 is 41.6 Å².